The summed E-state index contributed by atoms with van der Waals surface area (Å²) >= 11 is 0. The van der Waals surface area contributed by atoms with Gasteiger partial charge in [-0.3, -0.25) is 4.90 Å². The van der Waals surface area contributed by atoms with Crippen molar-refractivity contribution in [3.05, 3.63) is 66.0 Å². The standard InChI is InChI=1S/C18H21FN2/c19-16-9-6-10-17(13-16)20-14-18(21-11-4-5-12-21)15-7-2-1-3-8-15/h1-3,6-10,13,18,20H,4-5,11-12,14H2. The first-order valence-electron chi connectivity index (χ1n) is 7.61. The Morgan fingerprint density at radius 1 is 1.00 bits per heavy atom. The van der Waals surface area contributed by atoms with Crippen molar-refractivity contribution in [2.45, 2.75) is 18.9 Å². The Morgan fingerprint density at radius 2 is 1.76 bits per heavy atom. The minimum absolute atomic E-state index is 0.197. The van der Waals surface area contributed by atoms with Crippen LogP contribution in [0.5, 0.6) is 0 Å². The molecular formula is C18H21FN2. The molecule has 0 aliphatic carbocycles. The fourth-order valence-corrected chi connectivity index (χ4v) is 3.00. The first-order chi connectivity index (χ1) is 10.3. The molecule has 3 heteroatoms. The fraction of sp³-hybridized carbons (Fsp3) is 0.333. The van der Waals surface area contributed by atoms with E-state index in [1.165, 1.54) is 24.5 Å². The van der Waals surface area contributed by atoms with E-state index >= 15 is 0 Å². The van der Waals surface area contributed by atoms with Gasteiger partial charge in [-0.25, -0.2) is 4.39 Å². The van der Waals surface area contributed by atoms with Gasteiger partial charge in [0.1, 0.15) is 5.82 Å². The van der Waals surface area contributed by atoms with Gasteiger partial charge in [-0.1, -0.05) is 36.4 Å². The molecule has 0 amide bonds. The smallest absolute Gasteiger partial charge is 0.125 e. The number of hydrogen-bond donors (Lipinski definition) is 1. The third-order valence-electron chi connectivity index (χ3n) is 4.09. The van der Waals surface area contributed by atoms with Crippen LogP contribution in [0.1, 0.15) is 24.4 Å². The predicted octanol–water partition coefficient (Wildman–Crippen LogP) is 4.07. The molecule has 0 bridgehead atoms. The quantitative estimate of drug-likeness (QED) is 0.890. The highest BCUT2D eigenvalue weighted by molar-refractivity contribution is 5.43. The number of nitrogens with zero attached hydrogens (tertiary/aromatic N) is 1. The summed E-state index contributed by atoms with van der Waals surface area (Å²) in [4.78, 5) is 2.52. The lowest BCUT2D eigenvalue weighted by atomic mass is 10.1. The minimum Gasteiger partial charge on any atom is -0.383 e. The summed E-state index contributed by atoms with van der Waals surface area (Å²) in [5, 5.41) is 3.38. The number of benzene rings is 2. The number of anilines is 1. The Kier molecular flexibility index (Phi) is 4.51. The van der Waals surface area contributed by atoms with Crippen molar-refractivity contribution in [2.24, 2.45) is 0 Å². The maximum Gasteiger partial charge on any atom is 0.125 e. The van der Waals surface area contributed by atoms with Crippen molar-refractivity contribution < 1.29 is 4.39 Å². The molecule has 1 aliphatic heterocycles. The van der Waals surface area contributed by atoms with Crippen molar-refractivity contribution in [3.8, 4) is 0 Å². The third-order valence-corrected chi connectivity index (χ3v) is 4.09. The molecule has 1 saturated heterocycles. The van der Waals surface area contributed by atoms with E-state index in [0.29, 0.717) is 6.04 Å². The Hall–Kier alpha value is -1.87. The van der Waals surface area contributed by atoms with Gasteiger partial charge in [-0.15, -0.1) is 0 Å². The van der Waals surface area contributed by atoms with Gasteiger partial charge in [0.2, 0.25) is 0 Å². The van der Waals surface area contributed by atoms with Crippen LogP contribution < -0.4 is 5.32 Å². The summed E-state index contributed by atoms with van der Waals surface area (Å²) < 4.78 is 13.3. The number of nitrogens with one attached hydrogen (secondary N) is 1. The van der Waals surface area contributed by atoms with Crippen molar-refractivity contribution >= 4 is 5.69 Å². The lowest BCUT2D eigenvalue weighted by Crippen LogP contribution is -2.31. The molecule has 1 aliphatic rings. The molecule has 0 radical (unpaired) electrons. The van der Waals surface area contributed by atoms with E-state index in [9.17, 15) is 4.39 Å². The molecule has 2 aromatic carbocycles. The summed E-state index contributed by atoms with van der Waals surface area (Å²) in [5.41, 5.74) is 2.17. The average Bonchev–Trinajstić information content (AvgIpc) is 3.03. The van der Waals surface area contributed by atoms with Crippen molar-refractivity contribution in [3.63, 3.8) is 0 Å². The van der Waals surface area contributed by atoms with Gasteiger partial charge in [0, 0.05) is 12.2 Å². The summed E-state index contributed by atoms with van der Waals surface area (Å²) in [6.45, 7) is 3.09. The van der Waals surface area contributed by atoms with Crippen LogP contribution in [0.3, 0.4) is 0 Å². The minimum atomic E-state index is -0.197. The topological polar surface area (TPSA) is 15.3 Å². The molecule has 2 aromatic rings. The summed E-state index contributed by atoms with van der Waals surface area (Å²) in [6, 6.07) is 17.6. The molecule has 0 aromatic heterocycles. The second-order valence-corrected chi connectivity index (χ2v) is 5.56. The number of likely N-dealkylation sites (tertiary alicyclic amines) is 1. The number of hydrogen-bond acceptors (Lipinski definition) is 2. The zero-order valence-corrected chi connectivity index (χ0v) is 12.1. The van der Waals surface area contributed by atoms with E-state index in [-0.39, 0.29) is 5.82 Å². The van der Waals surface area contributed by atoms with Crippen LogP contribution in [0.2, 0.25) is 0 Å². The van der Waals surface area contributed by atoms with Crippen molar-refractivity contribution in [2.75, 3.05) is 25.0 Å². The molecule has 1 N–H and O–H groups in total. The highest BCUT2D eigenvalue weighted by Crippen LogP contribution is 2.25. The molecule has 0 saturated carbocycles. The monoisotopic (exact) mass is 284 g/mol. The van der Waals surface area contributed by atoms with Gasteiger partial charge >= 0.3 is 0 Å². The maximum atomic E-state index is 13.3. The second-order valence-electron chi connectivity index (χ2n) is 5.56. The molecule has 0 spiro atoms. The van der Waals surface area contributed by atoms with Crippen LogP contribution in [0.4, 0.5) is 10.1 Å². The van der Waals surface area contributed by atoms with E-state index < -0.39 is 0 Å². The fourth-order valence-electron chi connectivity index (χ4n) is 3.00. The highest BCUT2D eigenvalue weighted by atomic mass is 19.1. The van der Waals surface area contributed by atoms with E-state index in [1.807, 2.05) is 12.1 Å². The van der Waals surface area contributed by atoms with Gasteiger partial charge in [-0.2, -0.15) is 0 Å². The van der Waals surface area contributed by atoms with Gasteiger partial charge in [0.05, 0.1) is 6.04 Å². The normalized spacial score (nSPS) is 16.8. The summed E-state index contributed by atoms with van der Waals surface area (Å²) in [7, 11) is 0. The molecule has 2 nitrogen and oxygen atoms in total. The molecule has 110 valence electrons. The molecule has 3 rings (SSSR count). The third kappa shape index (κ3) is 3.61. The maximum absolute atomic E-state index is 13.3. The van der Waals surface area contributed by atoms with Crippen molar-refractivity contribution in [1.29, 1.82) is 0 Å². The Bertz CT molecular complexity index is 564. The van der Waals surface area contributed by atoms with Crippen LogP contribution in [0, 0.1) is 5.82 Å². The van der Waals surface area contributed by atoms with Gasteiger partial charge in [0.15, 0.2) is 0 Å². The molecule has 1 atom stereocenters. The zero-order chi connectivity index (χ0) is 14.5. The van der Waals surface area contributed by atoms with E-state index in [2.05, 4.69) is 34.5 Å². The zero-order valence-electron chi connectivity index (χ0n) is 12.1. The summed E-state index contributed by atoms with van der Waals surface area (Å²) in [5.74, 6) is -0.197. The Balaban J connectivity index is 1.73. The van der Waals surface area contributed by atoms with Crippen LogP contribution in [0.25, 0.3) is 0 Å². The van der Waals surface area contributed by atoms with Crippen LogP contribution in [-0.2, 0) is 0 Å². The van der Waals surface area contributed by atoms with Crippen LogP contribution >= 0.6 is 0 Å². The Labute approximate surface area is 125 Å². The van der Waals surface area contributed by atoms with Crippen LogP contribution in [-0.4, -0.2) is 24.5 Å². The molecule has 1 unspecified atom stereocenters. The SMILES string of the molecule is Fc1cccc(NCC(c2ccccc2)N2CCCC2)c1. The molecule has 21 heavy (non-hydrogen) atoms. The largest absolute Gasteiger partial charge is 0.383 e. The highest BCUT2D eigenvalue weighted by Gasteiger charge is 2.23. The predicted molar refractivity (Wildman–Crippen MR) is 84.9 cm³/mol. The van der Waals surface area contributed by atoms with E-state index in [1.54, 1.807) is 12.1 Å². The van der Waals surface area contributed by atoms with Gasteiger partial charge < -0.3 is 5.32 Å². The van der Waals surface area contributed by atoms with E-state index in [4.69, 9.17) is 0 Å². The lowest BCUT2D eigenvalue weighted by molar-refractivity contribution is 0.256. The first kappa shape index (κ1) is 14.1. The Morgan fingerprint density at radius 3 is 2.48 bits per heavy atom. The first-order valence-corrected chi connectivity index (χ1v) is 7.61. The number of halogens is 1. The number of rotatable bonds is 5. The van der Waals surface area contributed by atoms with Crippen LogP contribution in [0.15, 0.2) is 54.6 Å². The van der Waals surface area contributed by atoms with Gasteiger partial charge in [0.25, 0.3) is 0 Å². The summed E-state index contributed by atoms with van der Waals surface area (Å²) in [6.07, 6.45) is 2.53. The average molecular weight is 284 g/mol. The van der Waals surface area contributed by atoms with Gasteiger partial charge in [-0.05, 0) is 49.7 Å². The molecular weight excluding hydrogens is 263 g/mol. The molecule has 1 fully saturated rings. The van der Waals surface area contributed by atoms with E-state index in [0.717, 1.165) is 25.3 Å². The second kappa shape index (κ2) is 6.72. The molecule has 1 heterocycles. The van der Waals surface area contributed by atoms with Crippen molar-refractivity contribution in [1.82, 2.24) is 4.90 Å². The lowest BCUT2D eigenvalue weighted by Gasteiger charge is -2.28.